The number of aliphatic imine (C=N–C) groups is 1. The lowest BCUT2D eigenvalue weighted by Crippen LogP contribution is -2.32. The Hall–Kier alpha value is -2.15. The Bertz CT molecular complexity index is 1070. The summed E-state index contributed by atoms with van der Waals surface area (Å²) >= 11 is 0. The maximum atomic E-state index is 4.40. The molecule has 0 saturated heterocycles. The monoisotopic (exact) mass is 493 g/mol. The summed E-state index contributed by atoms with van der Waals surface area (Å²) in [5.41, 5.74) is 6.52. The molecule has 6 rings (SSSR count). The van der Waals surface area contributed by atoms with E-state index in [0.29, 0.717) is 29.6 Å². The Morgan fingerprint density at radius 3 is 2.68 bits per heavy atom. The Morgan fingerprint density at radius 1 is 1.00 bits per heavy atom. The van der Waals surface area contributed by atoms with Crippen LogP contribution in [0, 0.1) is 47.3 Å². The van der Waals surface area contributed by atoms with Gasteiger partial charge in [0.15, 0.2) is 0 Å². The average Bonchev–Trinajstić information content (AvgIpc) is 2.92. The Morgan fingerprint density at radius 2 is 1.92 bits per heavy atom. The number of hydrogen-bond acceptors (Lipinski definition) is 1. The van der Waals surface area contributed by atoms with Crippen LogP contribution in [-0.4, -0.2) is 12.8 Å². The first-order valence-corrected chi connectivity index (χ1v) is 15.5. The van der Waals surface area contributed by atoms with Crippen molar-refractivity contribution in [2.75, 3.05) is 6.54 Å². The molecule has 7 unspecified atom stereocenters. The molecule has 5 aliphatic carbocycles. The molecule has 0 aromatic rings. The van der Waals surface area contributed by atoms with Crippen LogP contribution in [0.1, 0.15) is 77.6 Å². The molecule has 196 valence electrons. The first kappa shape index (κ1) is 25.1. The lowest BCUT2D eigenvalue weighted by atomic mass is 9.62. The van der Waals surface area contributed by atoms with Gasteiger partial charge in [-0.1, -0.05) is 80.2 Å². The molecule has 0 spiro atoms. The maximum Gasteiger partial charge on any atom is 0.0469 e. The molecule has 0 N–H and O–H groups in total. The molecule has 1 heteroatoms. The molecular weight excluding hydrogens is 446 g/mol. The van der Waals surface area contributed by atoms with E-state index >= 15 is 0 Å². The third-order valence-electron chi connectivity index (χ3n) is 10.7. The van der Waals surface area contributed by atoms with Crippen molar-refractivity contribution < 1.29 is 0 Å². The fourth-order valence-electron chi connectivity index (χ4n) is 8.60. The van der Waals surface area contributed by atoms with Crippen molar-refractivity contribution in [3.8, 4) is 0 Å². The summed E-state index contributed by atoms with van der Waals surface area (Å²) in [6.07, 6.45) is 38.8. The van der Waals surface area contributed by atoms with Crippen LogP contribution in [0.2, 0.25) is 0 Å². The molecule has 37 heavy (non-hydrogen) atoms. The van der Waals surface area contributed by atoms with Crippen molar-refractivity contribution in [3.63, 3.8) is 0 Å². The smallest absolute Gasteiger partial charge is 0.0469 e. The topological polar surface area (TPSA) is 12.4 Å². The van der Waals surface area contributed by atoms with E-state index in [0.717, 1.165) is 24.3 Å². The Kier molecular flexibility index (Phi) is 7.68. The third-order valence-corrected chi connectivity index (χ3v) is 10.7. The summed E-state index contributed by atoms with van der Waals surface area (Å²) < 4.78 is 0. The van der Waals surface area contributed by atoms with E-state index < -0.39 is 0 Å². The quantitative estimate of drug-likeness (QED) is 0.313. The van der Waals surface area contributed by atoms with Crippen molar-refractivity contribution in [2.45, 2.75) is 77.6 Å². The minimum atomic E-state index is 0.651. The van der Waals surface area contributed by atoms with Crippen LogP contribution in [0.3, 0.4) is 0 Å². The first-order chi connectivity index (χ1) is 18.2. The molecule has 8 atom stereocenters. The summed E-state index contributed by atoms with van der Waals surface area (Å²) in [6.45, 7) is 7.81. The highest BCUT2D eigenvalue weighted by Crippen LogP contribution is 2.50. The lowest BCUT2D eigenvalue weighted by Gasteiger charge is -2.43. The third kappa shape index (κ3) is 5.13. The second-order valence-corrected chi connectivity index (χ2v) is 12.7. The second kappa shape index (κ2) is 11.3. The van der Waals surface area contributed by atoms with Gasteiger partial charge < -0.3 is 0 Å². The number of rotatable bonds is 7. The van der Waals surface area contributed by atoms with Crippen LogP contribution in [0.25, 0.3) is 0 Å². The van der Waals surface area contributed by atoms with Gasteiger partial charge in [-0.3, -0.25) is 4.99 Å². The van der Waals surface area contributed by atoms with Gasteiger partial charge in [0.25, 0.3) is 0 Å². The summed E-state index contributed by atoms with van der Waals surface area (Å²) in [4.78, 5) is 4.35. The van der Waals surface area contributed by atoms with E-state index in [1.165, 1.54) is 76.2 Å². The van der Waals surface area contributed by atoms with E-state index in [-0.39, 0.29) is 0 Å². The van der Waals surface area contributed by atoms with Crippen LogP contribution in [-0.2, 0) is 0 Å². The number of hydrogen-bond donors (Lipinski definition) is 0. The van der Waals surface area contributed by atoms with Crippen LogP contribution in [0.5, 0.6) is 0 Å². The van der Waals surface area contributed by atoms with Gasteiger partial charge in [0, 0.05) is 18.7 Å². The van der Waals surface area contributed by atoms with Crippen molar-refractivity contribution in [1.82, 2.24) is 0 Å². The summed E-state index contributed by atoms with van der Waals surface area (Å²) in [6, 6.07) is 0. The van der Waals surface area contributed by atoms with E-state index in [9.17, 15) is 0 Å². The first-order valence-electron chi connectivity index (χ1n) is 15.5. The van der Waals surface area contributed by atoms with Gasteiger partial charge in [-0.15, -0.1) is 0 Å². The molecule has 0 aromatic heterocycles. The number of nitrogens with zero attached hydrogens (tertiary/aromatic N) is 1. The molecule has 0 fully saturated rings. The van der Waals surface area contributed by atoms with Crippen LogP contribution in [0.4, 0.5) is 0 Å². The molecular formula is C36H47N. The van der Waals surface area contributed by atoms with Gasteiger partial charge >= 0.3 is 0 Å². The number of allylic oxidation sites excluding steroid dienone is 13. The van der Waals surface area contributed by atoms with E-state index in [2.05, 4.69) is 79.4 Å². The van der Waals surface area contributed by atoms with Crippen LogP contribution in [0.15, 0.2) is 88.5 Å². The largest absolute Gasteiger partial charge is 0.296 e. The van der Waals surface area contributed by atoms with Crippen molar-refractivity contribution in [3.05, 3.63) is 83.6 Å². The minimum absolute atomic E-state index is 0.651. The highest BCUT2D eigenvalue weighted by Gasteiger charge is 2.38. The van der Waals surface area contributed by atoms with Gasteiger partial charge in [-0.05, 0) is 122 Å². The van der Waals surface area contributed by atoms with Crippen molar-refractivity contribution in [2.24, 2.45) is 52.3 Å². The molecule has 0 bridgehead atoms. The van der Waals surface area contributed by atoms with Crippen molar-refractivity contribution in [1.29, 1.82) is 0 Å². The fraction of sp³-hybridized carbons (Fsp3) is 0.583. The molecule has 1 nitrogen and oxygen atoms in total. The zero-order chi connectivity index (χ0) is 25.2. The Balaban J connectivity index is 1.18. The second-order valence-electron chi connectivity index (χ2n) is 12.7. The minimum Gasteiger partial charge on any atom is -0.296 e. The summed E-state index contributed by atoms with van der Waals surface area (Å²) in [7, 11) is 0. The summed E-state index contributed by atoms with van der Waals surface area (Å²) in [5.74, 6) is 5.88. The predicted octanol–water partition coefficient (Wildman–Crippen LogP) is 9.38. The zero-order valence-corrected chi connectivity index (χ0v) is 23.0. The standard InChI is InChI=1S/C36H47N/c1-3-8-36-33(4-2)35(31-18-15-25-9-5-6-10-28(25)22-31)20-19-34(36)27-16-13-26(14-17-27)29-11-7-12-30(21-29)32-23-37-24-32/h4-5,7,9,11,13,15,18,21,23,25,27-28,30-32,34,36H,2-3,6,8,10,12,14,16-17,19-20,22,24H2,1H3/t25?,27?,28?,30-,31?,32?,34?,36?/m1/s1. The average molecular weight is 494 g/mol. The zero-order valence-electron chi connectivity index (χ0n) is 23.0. The molecule has 0 radical (unpaired) electrons. The summed E-state index contributed by atoms with van der Waals surface area (Å²) in [5, 5.41) is 0. The molecule has 1 aliphatic heterocycles. The normalized spacial score (nSPS) is 39.1. The lowest BCUT2D eigenvalue weighted by molar-refractivity contribution is 0.195. The molecule has 0 aromatic carbocycles. The SMILES string of the molecule is C=CC1=C(C2C=CC3C=CCCC3C2)CCC(C2CC=C(C3=C[C@H](C4C=NC4)CC=C3)CC2)C1CCC. The molecule has 1 heterocycles. The van der Waals surface area contributed by atoms with Gasteiger partial charge in [-0.25, -0.2) is 0 Å². The van der Waals surface area contributed by atoms with Gasteiger partial charge in [0.05, 0.1) is 0 Å². The van der Waals surface area contributed by atoms with Gasteiger partial charge in [-0.2, -0.15) is 0 Å². The van der Waals surface area contributed by atoms with Crippen LogP contribution >= 0.6 is 0 Å². The van der Waals surface area contributed by atoms with Gasteiger partial charge in [0.1, 0.15) is 0 Å². The molecule has 6 aliphatic rings. The van der Waals surface area contributed by atoms with E-state index in [4.69, 9.17) is 0 Å². The highest BCUT2D eigenvalue weighted by molar-refractivity contribution is 5.67. The maximum absolute atomic E-state index is 4.40. The molecule has 0 saturated carbocycles. The highest BCUT2D eigenvalue weighted by atomic mass is 14.8. The Labute approximate surface area is 226 Å². The molecule has 0 amide bonds. The number of fused-ring (bicyclic) bond motifs is 1. The van der Waals surface area contributed by atoms with E-state index in [1.54, 1.807) is 16.7 Å². The van der Waals surface area contributed by atoms with E-state index in [1.807, 2.05) is 0 Å². The predicted molar refractivity (Wildman–Crippen MR) is 159 cm³/mol. The van der Waals surface area contributed by atoms with Crippen molar-refractivity contribution >= 4 is 6.21 Å². The fourth-order valence-corrected chi connectivity index (χ4v) is 8.60. The van der Waals surface area contributed by atoms with Gasteiger partial charge in [0.2, 0.25) is 0 Å². The van der Waals surface area contributed by atoms with Crippen LogP contribution < -0.4 is 0 Å².